The molecule has 3 fully saturated rings. The Morgan fingerprint density at radius 3 is 2.56 bits per heavy atom. The maximum atomic E-state index is 11.9. The molecule has 2 heterocycles. The average Bonchev–Trinajstić information content (AvgIpc) is 3.46. The van der Waals surface area contributed by atoms with Crippen LogP contribution in [0.15, 0.2) is 54.6 Å². The zero-order valence-electron chi connectivity index (χ0n) is 19.1. The summed E-state index contributed by atoms with van der Waals surface area (Å²) in [5.41, 5.74) is 3.12. The van der Waals surface area contributed by atoms with Gasteiger partial charge in [0.2, 0.25) is 0 Å². The second-order valence-corrected chi connectivity index (χ2v) is 10.2. The largest absolute Gasteiger partial charge is 0.385 e. The fourth-order valence-electron chi connectivity index (χ4n) is 6.46. The van der Waals surface area contributed by atoms with Crippen LogP contribution in [0.1, 0.15) is 48.8 Å². The van der Waals surface area contributed by atoms with Gasteiger partial charge in [-0.25, -0.2) is 0 Å². The second-order valence-electron chi connectivity index (χ2n) is 10.2. The first kappa shape index (κ1) is 21.7. The van der Waals surface area contributed by atoms with E-state index in [9.17, 15) is 5.11 Å². The van der Waals surface area contributed by atoms with Crippen LogP contribution in [-0.2, 0) is 18.6 Å². The van der Waals surface area contributed by atoms with E-state index in [0.717, 1.165) is 64.0 Å². The van der Waals surface area contributed by atoms with E-state index in [1.54, 1.807) is 0 Å². The van der Waals surface area contributed by atoms with Crippen LogP contribution < -0.4 is 0 Å². The molecular formula is C29H36N2O. The van der Waals surface area contributed by atoms with Gasteiger partial charge in [-0.1, -0.05) is 60.5 Å². The molecule has 1 unspecified atom stereocenters. The van der Waals surface area contributed by atoms with E-state index in [2.05, 4.69) is 70.3 Å². The predicted octanol–water partition coefficient (Wildman–Crippen LogP) is 4.45. The van der Waals surface area contributed by atoms with Gasteiger partial charge < -0.3 is 5.11 Å². The second kappa shape index (κ2) is 9.40. The molecule has 0 radical (unpaired) electrons. The van der Waals surface area contributed by atoms with Gasteiger partial charge in [0, 0.05) is 32.1 Å². The standard InChI is InChI=1S/C29H36N2O/c1-2-27-11-7-18-31(27)19-16-23-12-14-26(15-13-23)29(32)17-6-10-25-21-30(22-28(25)29)20-24-8-4-3-5-9-24/h1,3-5,8-9,12-15,25,27-28,32H,6-7,10-11,16-22H2/t25-,27+,28+,29?/m0/s1. The lowest BCUT2D eigenvalue weighted by Gasteiger charge is -2.41. The normalized spacial score (nSPS) is 30.8. The summed E-state index contributed by atoms with van der Waals surface area (Å²) in [6.07, 6.45) is 12.3. The van der Waals surface area contributed by atoms with Crippen LogP contribution in [0.25, 0.3) is 0 Å². The molecule has 1 saturated carbocycles. The van der Waals surface area contributed by atoms with E-state index in [-0.39, 0.29) is 0 Å². The molecule has 0 spiro atoms. The molecule has 4 atom stereocenters. The van der Waals surface area contributed by atoms with Gasteiger partial charge in [-0.15, -0.1) is 6.42 Å². The summed E-state index contributed by atoms with van der Waals surface area (Å²) < 4.78 is 0. The number of aliphatic hydroxyl groups is 1. The summed E-state index contributed by atoms with van der Waals surface area (Å²) in [4.78, 5) is 4.99. The fourth-order valence-corrected chi connectivity index (χ4v) is 6.46. The molecule has 2 aromatic rings. The highest BCUT2D eigenvalue weighted by Crippen LogP contribution is 2.48. The van der Waals surface area contributed by atoms with E-state index in [4.69, 9.17) is 6.42 Å². The van der Waals surface area contributed by atoms with Crippen LogP contribution in [0.2, 0.25) is 0 Å². The van der Waals surface area contributed by atoms with Crippen molar-refractivity contribution in [1.82, 2.24) is 9.80 Å². The number of hydrogen-bond acceptors (Lipinski definition) is 3. The van der Waals surface area contributed by atoms with Crippen molar-refractivity contribution < 1.29 is 5.11 Å². The number of hydrogen-bond donors (Lipinski definition) is 1. The van der Waals surface area contributed by atoms with Crippen LogP contribution in [0.5, 0.6) is 0 Å². The Labute approximate surface area is 193 Å². The lowest BCUT2D eigenvalue weighted by atomic mass is 9.67. The molecule has 2 saturated heterocycles. The molecule has 32 heavy (non-hydrogen) atoms. The van der Waals surface area contributed by atoms with Crippen molar-refractivity contribution in [3.05, 3.63) is 71.3 Å². The third-order valence-corrected chi connectivity index (χ3v) is 8.21. The van der Waals surface area contributed by atoms with Crippen molar-refractivity contribution in [2.45, 2.75) is 56.7 Å². The smallest absolute Gasteiger partial charge is 0.0939 e. The van der Waals surface area contributed by atoms with Gasteiger partial charge in [-0.2, -0.15) is 0 Å². The molecule has 3 heteroatoms. The molecule has 3 aliphatic rings. The fraction of sp³-hybridized carbons (Fsp3) is 0.517. The lowest BCUT2D eigenvalue weighted by Crippen LogP contribution is -2.42. The van der Waals surface area contributed by atoms with Crippen molar-refractivity contribution >= 4 is 0 Å². The molecule has 0 bridgehead atoms. The Hall–Kier alpha value is -2.12. The third-order valence-electron chi connectivity index (χ3n) is 8.21. The molecule has 3 nitrogen and oxygen atoms in total. The van der Waals surface area contributed by atoms with Gasteiger partial charge in [0.15, 0.2) is 0 Å². The molecular weight excluding hydrogens is 392 g/mol. The number of likely N-dealkylation sites (tertiary alicyclic amines) is 2. The van der Waals surface area contributed by atoms with Gasteiger partial charge in [0.05, 0.1) is 11.6 Å². The summed E-state index contributed by atoms with van der Waals surface area (Å²) in [6.45, 7) is 5.22. The first-order valence-electron chi connectivity index (χ1n) is 12.4. The van der Waals surface area contributed by atoms with Gasteiger partial charge in [-0.05, 0) is 67.7 Å². The molecule has 5 rings (SSSR count). The van der Waals surface area contributed by atoms with Crippen LogP contribution >= 0.6 is 0 Å². The molecule has 2 aromatic carbocycles. The van der Waals surface area contributed by atoms with Crippen molar-refractivity contribution in [2.24, 2.45) is 11.8 Å². The minimum atomic E-state index is -0.698. The molecule has 2 aliphatic heterocycles. The minimum Gasteiger partial charge on any atom is -0.385 e. The maximum Gasteiger partial charge on any atom is 0.0939 e. The Bertz CT molecular complexity index is 934. The topological polar surface area (TPSA) is 26.7 Å². The summed E-state index contributed by atoms with van der Waals surface area (Å²) in [7, 11) is 0. The monoisotopic (exact) mass is 428 g/mol. The van der Waals surface area contributed by atoms with Crippen LogP contribution in [-0.4, -0.2) is 47.1 Å². The predicted molar refractivity (Wildman–Crippen MR) is 130 cm³/mol. The SMILES string of the molecule is C#C[C@@H]1CCCN1CCc1ccc(C2(O)CCC[C@H]3CN(Cc4ccccc4)C[C@H]32)cc1. The quantitative estimate of drug-likeness (QED) is 0.689. The number of rotatable bonds is 6. The van der Waals surface area contributed by atoms with Gasteiger partial charge >= 0.3 is 0 Å². The van der Waals surface area contributed by atoms with E-state index in [0.29, 0.717) is 17.9 Å². The Kier molecular flexibility index (Phi) is 6.37. The van der Waals surface area contributed by atoms with E-state index in [1.807, 2.05) is 0 Å². The van der Waals surface area contributed by atoms with Crippen LogP contribution in [0, 0.1) is 24.2 Å². The number of benzene rings is 2. The third kappa shape index (κ3) is 4.37. The first-order chi connectivity index (χ1) is 15.7. The van der Waals surface area contributed by atoms with Crippen molar-refractivity contribution in [3.8, 4) is 12.3 Å². The zero-order chi connectivity index (χ0) is 22.0. The van der Waals surface area contributed by atoms with Crippen LogP contribution in [0.4, 0.5) is 0 Å². The Morgan fingerprint density at radius 2 is 1.78 bits per heavy atom. The van der Waals surface area contributed by atoms with E-state index < -0.39 is 5.60 Å². The molecule has 168 valence electrons. The lowest BCUT2D eigenvalue weighted by molar-refractivity contribution is -0.0648. The molecule has 0 amide bonds. The van der Waals surface area contributed by atoms with Gasteiger partial charge in [-0.3, -0.25) is 9.80 Å². The van der Waals surface area contributed by atoms with E-state index >= 15 is 0 Å². The summed E-state index contributed by atoms with van der Waals surface area (Å²) in [6, 6.07) is 19.9. The maximum absolute atomic E-state index is 11.9. The van der Waals surface area contributed by atoms with Gasteiger partial charge in [0.1, 0.15) is 0 Å². The molecule has 1 N–H and O–H groups in total. The number of terminal acetylenes is 1. The highest BCUT2D eigenvalue weighted by Gasteiger charge is 2.49. The van der Waals surface area contributed by atoms with Crippen molar-refractivity contribution in [1.29, 1.82) is 0 Å². The Balaban J connectivity index is 1.25. The minimum absolute atomic E-state index is 0.315. The summed E-state index contributed by atoms with van der Waals surface area (Å²) in [5, 5.41) is 11.9. The highest BCUT2D eigenvalue weighted by molar-refractivity contribution is 5.30. The molecule has 1 aliphatic carbocycles. The van der Waals surface area contributed by atoms with Gasteiger partial charge in [0.25, 0.3) is 0 Å². The summed E-state index contributed by atoms with van der Waals surface area (Å²) >= 11 is 0. The van der Waals surface area contributed by atoms with Crippen molar-refractivity contribution in [3.63, 3.8) is 0 Å². The number of nitrogens with zero attached hydrogens (tertiary/aromatic N) is 2. The van der Waals surface area contributed by atoms with Crippen molar-refractivity contribution in [2.75, 3.05) is 26.2 Å². The Morgan fingerprint density at radius 1 is 0.969 bits per heavy atom. The van der Waals surface area contributed by atoms with Crippen LogP contribution in [0.3, 0.4) is 0 Å². The average molecular weight is 429 g/mol. The van der Waals surface area contributed by atoms with E-state index in [1.165, 1.54) is 24.0 Å². The number of fused-ring (bicyclic) bond motifs is 1. The highest BCUT2D eigenvalue weighted by atomic mass is 16.3. The summed E-state index contributed by atoms with van der Waals surface area (Å²) in [5.74, 6) is 3.85. The molecule has 0 aromatic heterocycles. The zero-order valence-corrected chi connectivity index (χ0v) is 19.1. The first-order valence-corrected chi connectivity index (χ1v) is 12.4.